The Morgan fingerprint density at radius 2 is 1.93 bits per heavy atom. The van der Waals surface area contributed by atoms with Gasteiger partial charge in [0, 0.05) is 29.9 Å². The Morgan fingerprint density at radius 3 is 2.57 bits per heavy atom. The molecular weight excluding hydrogens is 384 g/mol. The van der Waals surface area contributed by atoms with Crippen molar-refractivity contribution in [3.8, 4) is 11.5 Å². The lowest BCUT2D eigenvalue weighted by atomic mass is 9.88. The van der Waals surface area contributed by atoms with Gasteiger partial charge in [0.25, 0.3) is 0 Å². The van der Waals surface area contributed by atoms with E-state index >= 15 is 0 Å². The van der Waals surface area contributed by atoms with E-state index in [1.54, 1.807) is 27.7 Å². The summed E-state index contributed by atoms with van der Waals surface area (Å²) in [5.41, 5.74) is 1.96. The van der Waals surface area contributed by atoms with Crippen molar-refractivity contribution in [1.82, 2.24) is 10.6 Å². The van der Waals surface area contributed by atoms with Crippen molar-refractivity contribution in [2.24, 2.45) is 0 Å². The average molecular weight is 417 g/mol. The first-order valence-corrected chi connectivity index (χ1v) is 10.8. The van der Waals surface area contributed by atoms with Crippen LogP contribution in [0.15, 0.2) is 12.1 Å². The minimum absolute atomic E-state index is 0.0509. The molecule has 1 heterocycles. The molecule has 164 valence electrons. The quantitative estimate of drug-likeness (QED) is 0.769. The maximum atomic E-state index is 12.4. The highest BCUT2D eigenvalue weighted by Gasteiger charge is 2.53. The van der Waals surface area contributed by atoms with Gasteiger partial charge >= 0.3 is 6.09 Å². The molecule has 7 nitrogen and oxygen atoms in total. The lowest BCUT2D eigenvalue weighted by Crippen LogP contribution is -2.54. The van der Waals surface area contributed by atoms with E-state index in [0.717, 1.165) is 49.4 Å². The fourth-order valence-corrected chi connectivity index (χ4v) is 4.12. The second-order valence-electron chi connectivity index (χ2n) is 9.94. The molecule has 2 amide bonds. The van der Waals surface area contributed by atoms with E-state index in [0.29, 0.717) is 0 Å². The van der Waals surface area contributed by atoms with Crippen molar-refractivity contribution in [3.63, 3.8) is 0 Å². The zero-order valence-corrected chi connectivity index (χ0v) is 18.5. The molecule has 0 bridgehead atoms. The number of hydrogen-bond acceptors (Lipinski definition) is 5. The van der Waals surface area contributed by atoms with Gasteiger partial charge in [-0.15, -0.1) is 0 Å². The number of nitrogens with one attached hydrogen (secondary N) is 2. The van der Waals surface area contributed by atoms with Crippen LogP contribution in [0.4, 0.5) is 4.79 Å². The van der Waals surface area contributed by atoms with E-state index in [1.807, 2.05) is 0 Å². The van der Waals surface area contributed by atoms with Gasteiger partial charge in [0.2, 0.25) is 5.91 Å². The van der Waals surface area contributed by atoms with Crippen LogP contribution in [0.5, 0.6) is 11.5 Å². The van der Waals surface area contributed by atoms with Crippen LogP contribution in [-0.4, -0.2) is 42.4 Å². The van der Waals surface area contributed by atoms with Crippen molar-refractivity contribution in [2.75, 3.05) is 6.61 Å². The predicted molar refractivity (Wildman–Crippen MR) is 112 cm³/mol. The van der Waals surface area contributed by atoms with Crippen LogP contribution in [0.25, 0.3) is 0 Å². The van der Waals surface area contributed by atoms with Gasteiger partial charge < -0.3 is 24.8 Å². The molecule has 3 aliphatic rings. The molecular formula is C23H32N2O5. The molecule has 2 aliphatic carbocycles. The molecule has 2 saturated carbocycles. The Labute approximate surface area is 177 Å². The van der Waals surface area contributed by atoms with Gasteiger partial charge in [-0.2, -0.15) is 0 Å². The van der Waals surface area contributed by atoms with Crippen LogP contribution in [0.2, 0.25) is 0 Å². The van der Waals surface area contributed by atoms with Crippen LogP contribution < -0.4 is 20.1 Å². The molecule has 0 unspecified atom stereocenters. The summed E-state index contributed by atoms with van der Waals surface area (Å²) >= 11 is 0. The Hall–Kier alpha value is -2.44. The highest BCUT2D eigenvalue weighted by molar-refractivity contribution is 5.85. The van der Waals surface area contributed by atoms with Gasteiger partial charge in [0.05, 0.1) is 6.61 Å². The number of amides is 2. The Bertz CT molecular complexity index is 850. The minimum Gasteiger partial charge on any atom is -0.492 e. The van der Waals surface area contributed by atoms with Gasteiger partial charge in [-0.1, -0.05) is 6.07 Å². The number of ether oxygens (including phenoxy) is 3. The Morgan fingerprint density at radius 1 is 1.23 bits per heavy atom. The highest BCUT2D eigenvalue weighted by atomic mass is 16.6. The molecule has 30 heavy (non-hydrogen) atoms. The Kier molecular flexibility index (Phi) is 5.11. The van der Waals surface area contributed by atoms with Crippen LogP contribution in [0, 0.1) is 6.92 Å². The Balaban J connectivity index is 1.26. The first-order chi connectivity index (χ1) is 14.1. The van der Waals surface area contributed by atoms with Crippen LogP contribution in [0.1, 0.15) is 64.5 Å². The predicted octanol–water partition coefficient (Wildman–Crippen LogP) is 3.36. The molecule has 4 rings (SSSR count). The van der Waals surface area contributed by atoms with E-state index in [-0.39, 0.29) is 23.5 Å². The number of benzene rings is 1. The maximum Gasteiger partial charge on any atom is 0.408 e. The molecule has 0 saturated heterocycles. The number of hydrogen-bond donors (Lipinski definition) is 2. The summed E-state index contributed by atoms with van der Waals surface area (Å²) in [6, 6.07) is 3.50. The van der Waals surface area contributed by atoms with Gasteiger partial charge in [-0.05, 0) is 59.1 Å². The normalized spacial score (nSPS) is 24.2. The molecule has 1 aromatic rings. The molecule has 0 radical (unpaired) electrons. The smallest absolute Gasteiger partial charge is 0.408 e. The van der Waals surface area contributed by atoms with E-state index in [4.69, 9.17) is 14.2 Å². The van der Waals surface area contributed by atoms with Crippen molar-refractivity contribution >= 4 is 12.0 Å². The lowest BCUT2D eigenvalue weighted by Gasteiger charge is -2.37. The summed E-state index contributed by atoms with van der Waals surface area (Å²) in [7, 11) is 0. The number of carbonyl (C=O) groups is 2. The van der Waals surface area contributed by atoms with Crippen molar-refractivity contribution < 1.29 is 23.8 Å². The van der Waals surface area contributed by atoms with Gasteiger partial charge in [0.1, 0.15) is 29.2 Å². The van der Waals surface area contributed by atoms with Crippen molar-refractivity contribution in [2.45, 2.75) is 89.5 Å². The topological polar surface area (TPSA) is 85.9 Å². The molecule has 1 aliphatic heterocycles. The van der Waals surface area contributed by atoms with E-state index in [1.165, 1.54) is 5.56 Å². The molecule has 1 spiro atoms. The largest absolute Gasteiger partial charge is 0.492 e. The molecule has 2 N–H and O–H groups in total. The number of fused-ring (bicyclic) bond motifs is 2. The fourth-order valence-electron chi connectivity index (χ4n) is 4.12. The summed E-state index contributed by atoms with van der Waals surface area (Å²) < 4.78 is 17.4. The third-order valence-electron chi connectivity index (χ3n) is 6.05. The summed E-state index contributed by atoms with van der Waals surface area (Å²) in [5, 5.41) is 5.55. The second-order valence-corrected chi connectivity index (χ2v) is 9.94. The summed E-state index contributed by atoms with van der Waals surface area (Å²) in [4.78, 5) is 24.2. The van der Waals surface area contributed by atoms with Crippen molar-refractivity contribution in [1.29, 1.82) is 0 Å². The number of alkyl carbamates (subject to hydrolysis) is 1. The second kappa shape index (κ2) is 7.36. The first-order valence-electron chi connectivity index (χ1n) is 10.8. The maximum absolute atomic E-state index is 12.4. The van der Waals surface area contributed by atoms with Gasteiger partial charge in [-0.3, -0.25) is 4.79 Å². The third kappa shape index (κ3) is 4.20. The van der Waals surface area contributed by atoms with Gasteiger partial charge in [-0.25, -0.2) is 4.79 Å². The third-order valence-corrected chi connectivity index (χ3v) is 6.05. The number of rotatable bonds is 5. The van der Waals surface area contributed by atoms with Crippen LogP contribution in [-0.2, 0) is 14.9 Å². The molecule has 1 atom stereocenters. The van der Waals surface area contributed by atoms with E-state index in [2.05, 4.69) is 29.7 Å². The van der Waals surface area contributed by atoms with Crippen LogP contribution in [0.3, 0.4) is 0 Å². The SMILES string of the molecule is Cc1ccc(O[C@H]2C[C@H](NC(=O)[C@H](C)NC(=O)OC(C)(C)C)C2)c2c1OCC21CC1. The number of aryl methyl sites for hydroxylation is 1. The minimum atomic E-state index is -0.660. The van der Waals surface area contributed by atoms with Crippen molar-refractivity contribution in [3.05, 3.63) is 23.3 Å². The average Bonchev–Trinajstić information content (AvgIpc) is 3.27. The highest BCUT2D eigenvalue weighted by Crippen LogP contribution is 2.59. The van der Waals surface area contributed by atoms with Gasteiger partial charge in [0.15, 0.2) is 0 Å². The zero-order valence-electron chi connectivity index (χ0n) is 18.5. The monoisotopic (exact) mass is 416 g/mol. The van der Waals surface area contributed by atoms with Crippen LogP contribution >= 0.6 is 0 Å². The first kappa shape index (κ1) is 20.8. The summed E-state index contributed by atoms with van der Waals surface area (Å²) in [6.45, 7) is 9.84. The molecule has 1 aromatic carbocycles. The zero-order chi connectivity index (χ0) is 21.7. The standard InChI is InChI=1S/C23H32N2O5/c1-13-6-7-17(18-19(13)28-12-23(18)8-9-23)29-16-10-15(11-16)25-20(26)14(2)24-21(27)30-22(3,4)5/h6-7,14-16H,8-12H2,1-5H3,(H,24,27)(H,25,26)/t14-,15-,16-/m0/s1. The lowest BCUT2D eigenvalue weighted by molar-refractivity contribution is -0.124. The molecule has 2 fully saturated rings. The number of carbonyl (C=O) groups excluding carboxylic acids is 2. The summed E-state index contributed by atoms with van der Waals surface area (Å²) in [5.74, 6) is 1.71. The van der Waals surface area contributed by atoms with E-state index < -0.39 is 17.7 Å². The molecule has 7 heteroatoms. The summed E-state index contributed by atoms with van der Waals surface area (Å²) in [6.07, 6.45) is 3.30. The molecule has 0 aromatic heterocycles. The fraction of sp³-hybridized carbons (Fsp3) is 0.652. The van der Waals surface area contributed by atoms with E-state index in [9.17, 15) is 9.59 Å².